The van der Waals surface area contributed by atoms with E-state index >= 15 is 0 Å². The molecule has 0 unspecified atom stereocenters. The van der Waals surface area contributed by atoms with Crippen molar-refractivity contribution in [3.63, 3.8) is 0 Å². The number of rotatable bonds is 8. The maximum absolute atomic E-state index is 10.4. The number of hydrogen-bond donors (Lipinski definition) is 1. The number of aliphatic carboxylic acids is 1. The fourth-order valence-corrected chi connectivity index (χ4v) is 7.32. The van der Waals surface area contributed by atoms with E-state index in [2.05, 4.69) is 103 Å². The molecule has 11 heteroatoms. The number of carboxylic acids is 1. The molecule has 4 aromatic rings. The standard InChI is InChI=1S/C9H11BrOS.C9H12OS.C8H12S.C4H4S.C2H4O2.Br2/c1-6(2)3-9-8(10)4-7(5-11)12-9;1-7(2)5-8-3-4-9(6-10)11-8;1-7(2)6-8-4-3-5-9-8;1-2-4-5-3-1;1-2(3)4;1-2/h4-6H,3H2,1-2H3;3-4,6-7H,5H2,1-2H3;3-5,7H,6H2,1-2H3;1-4H;1H3,(H,3,4);. The number of hydrogen-bond acceptors (Lipinski definition) is 7. The summed E-state index contributed by atoms with van der Waals surface area (Å²) in [7, 11) is 0. The highest BCUT2D eigenvalue weighted by atomic mass is 80.9. The Morgan fingerprint density at radius 1 is 0.767 bits per heavy atom. The number of thiophene rings is 4. The molecular formula is C32H43Br3O4S4. The van der Waals surface area contributed by atoms with Gasteiger partial charge in [0, 0.05) is 54.3 Å². The van der Waals surface area contributed by atoms with Gasteiger partial charge in [-0.2, -0.15) is 11.3 Å². The van der Waals surface area contributed by atoms with E-state index in [0.717, 1.165) is 52.5 Å². The molecular weight excluding hydrogens is 816 g/mol. The van der Waals surface area contributed by atoms with Crippen molar-refractivity contribution in [3.05, 3.63) is 87.5 Å². The minimum atomic E-state index is -0.833. The van der Waals surface area contributed by atoms with Crippen LogP contribution in [-0.4, -0.2) is 23.6 Å². The minimum absolute atomic E-state index is 0.638. The van der Waals surface area contributed by atoms with Gasteiger partial charge in [-0.25, -0.2) is 0 Å². The fourth-order valence-electron chi connectivity index (χ4n) is 3.02. The van der Waals surface area contributed by atoms with Crippen LogP contribution in [0.25, 0.3) is 0 Å². The first-order chi connectivity index (χ1) is 20.4. The van der Waals surface area contributed by atoms with E-state index in [9.17, 15) is 9.59 Å². The van der Waals surface area contributed by atoms with Crippen molar-refractivity contribution in [3.8, 4) is 0 Å². The number of halogens is 3. The molecule has 4 nitrogen and oxygen atoms in total. The van der Waals surface area contributed by atoms with Crippen molar-refractivity contribution in [2.24, 2.45) is 17.8 Å². The highest BCUT2D eigenvalue weighted by Crippen LogP contribution is 2.28. The molecule has 0 atom stereocenters. The third-order valence-electron chi connectivity index (χ3n) is 4.51. The zero-order valence-corrected chi connectivity index (χ0v) is 33.7. The van der Waals surface area contributed by atoms with Crippen molar-refractivity contribution >= 4 is 108 Å². The number of aldehydes is 2. The third kappa shape index (κ3) is 27.1. The highest BCUT2D eigenvalue weighted by Gasteiger charge is 2.07. The molecule has 0 radical (unpaired) electrons. The highest BCUT2D eigenvalue weighted by molar-refractivity contribution is 9.93. The third-order valence-corrected chi connectivity index (χ3v) is 9.12. The molecule has 0 fully saturated rings. The average molecular weight is 860 g/mol. The largest absolute Gasteiger partial charge is 0.481 e. The lowest BCUT2D eigenvalue weighted by atomic mass is 10.1. The van der Waals surface area contributed by atoms with Crippen molar-refractivity contribution < 1.29 is 19.5 Å². The summed E-state index contributed by atoms with van der Waals surface area (Å²) in [6, 6.07) is 14.2. The predicted molar refractivity (Wildman–Crippen MR) is 203 cm³/mol. The lowest BCUT2D eigenvalue weighted by Crippen LogP contribution is -1.90. The van der Waals surface area contributed by atoms with E-state index in [1.165, 1.54) is 21.1 Å². The lowest BCUT2D eigenvalue weighted by Gasteiger charge is -2.00. The zero-order valence-electron chi connectivity index (χ0n) is 25.7. The van der Waals surface area contributed by atoms with Gasteiger partial charge in [0.25, 0.3) is 5.97 Å². The van der Waals surface area contributed by atoms with E-state index in [-0.39, 0.29) is 0 Å². The monoisotopic (exact) mass is 856 g/mol. The second-order valence-electron chi connectivity index (χ2n) is 10.1. The van der Waals surface area contributed by atoms with Crippen LogP contribution in [0.15, 0.2) is 63.1 Å². The molecule has 0 saturated heterocycles. The first kappa shape index (κ1) is 44.2. The molecule has 0 bridgehead atoms. The Balaban J connectivity index is 0. The van der Waals surface area contributed by atoms with Gasteiger partial charge in [0.15, 0.2) is 12.6 Å². The summed E-state index contributed by atoms with van der Waals surface area (Å²) in [5.41, 5.74) is 0. The van der Waals surface area contributed by atoms with Gasteiger partial charge < -0.3 is 5.11 Å². The van der Waals surface area contributed by atoms with Gasteiger partial charge in [0.05, 0.1) is 9.75 Å². The van der Waals surface area contributed by atoms with Gasteiger partial charge in [-0.3, -0.25) is 14.4 Å². The Morgan fingerprint density at radius 3 is 1.63 bits per heavy atom. The van der Waals surface area contributed by atoms with E-state index < -0.39 is 5.97 Å². The van der Waals surface area contributed by atoms with Crippen LogP contribution in [-0.2, 0) is 24.1 Å². The maximum Gasteiger partial charge on any atom is 0.300 e. The predicted octanol–water partition coefficient (Wildman–Crippen LogP) is 12.8. The Hall–Kier alpha value is -0.950. The molecule has 4 aromatic heterocycles. The molecule has 0 saturated carbocycles. The first-order valence-corrected chi connectivity index (χ1v) is 21.4. The minimum Gasteiger partial charge on any atom is -0.481 e. The lowest BCUT2D eigenvalue weighted by molar-refractivity contribution is -0.134. The van der Waals surface area contributed by atoms with Gasteiger partial charge in [-0.05, 0) is 93.4 Å². The summed E-state index contributed by atoms with van der Waals surface area (Å²) in [5.74, 6) is 1.27. The van der Waals surface area contributed by atoms with Crippen LogP contribution < -0.4 is 0 Å². The Morgan fingerprint density at radius 2 is 1.28 bits per heavy atom. The van der Waals surface area contributed by atoms with Crippen molar-refractivity contribution in [2.75, 3.05) is 0 Å². The molecule has 43 heavy (non-hydrogen) atoms. The summed E-state index contributed by atoms with van der Waals surface area (Å²) in [4.78, 5) is 35.5. The topological polar surface area (TPSA) is 71.4 Å². The number of carboxylic acid groups (broad SMARTS) is 1. The van der Waals surface area contributed by atoms with Crippen LogP contribution in [0.4, 0.5) is 0 Å². The molecule has 0 amide bonds. The van der Waals surface area contributed by atoms with Crippen molar-refractivity contribution in [1.82, 2.24) is 0 Å². The van der Waals surface area contributed by atoms with E-state index in [0.29, 0.717) is 11.8 Å². The van der Waals surface area contributed by atoms with Gasteiger partial charge >= 0.3 is 0 Å². The van der Waals surface area contributed by atoms with Crippen LogP contribution in [0.3, 0.4) is 0 Å². The van der Waals surface area contributed by atoms with Crippen molar-refractivity contribution in [1.29, 1.82) is 0 Å². The Kier molecular flexibility index (Phi) is 29.3. The van der Waals surface area contributed by atoms with Crippen LogP contribution in [0.2, 0.25) is 0 Å². The van der Waals surface area contributed by atoms with Gasteiger partial charge in [-0.15, -0.1) is 34.0 Å². The van der Waals surface area contributed by atoms with Crippen LogP contribution in [0, 0.1) is 17.8 Å². The van der Waals surface area contributed by atoms with Gasteiger partial charge in [0.1, 0.15) is 0 Å². The Labute approximate surface area is 297 Å². The summed E-state index contributed by atoms with van der Waals surface area (Å²) in [6.07, 6.45) is 5.17. The number of carbonyl (C=O) groups is 3. The quantitative estimate of drug-likeness (QED) is 0.179. The normalized spacial score (nSPS) is 9.51. The van der Waals surface area contributed by atoms with Crippen LogP contribution >= 0.6 is 89.5 Å². The van der Waals surface area contributed by atoms with E-state index in [1.54, 1.807) is 34.0 Å². The average Bonchev–Trinajstić information content (AvgIpc) is 3.75. The molecule has 0 aromatic carbocycles. The fraction of sp³-hybridized carbons (Fsp3) is 0.406. The summed E-state index contributed by atoms with van der Waals surface area (Å²) >= 11 is 15.7. The molecule has 1 N–H and O–H groups in total. The second kappa shape index (κ2) is 28.5. The SMILES string of the molecule is BrBr.CC(=O)O.CC(C)Cc1ccc(C=O)s1.CC(C)Cc1cccs1.CC(C)Cc1sc(C=O)cc1Br.c1ccsc1. The summed E-state index contributed by atoms with van der Waals surface area (Å²) < 4.78 is 1.07. The molecule has 4 rings (SSSR count). The number of carbonyl (C=O) groups excluding carboxylic acids is 2. The smallest absolute Gasteiger partial charge is 0.300 e. The maximum atomic E-state index is 10.4. The second-order valence-corrected chi connectivity index (χ2v) is 15.2. The van der Waals surface area contributed by atoms with Crippen molar-refractivity contribution in [2.45, 2.75) is 67.7 Å². The summed E-state index contributed by atoms with van der Waals surface area (Å²) in [6.45, 7) is 14.3. The van der Waals surface area contributed by atoms with Crippen LogP contribution in [0.5, 0.6) is 0 Å². The molecule has 0 spiro atoms. The zero-order chi connectivity index (χ0) is 33.2. The first-order valence-electron chi connectivity index (χ1n) is 13.5. The van der Waals surface area contributed by atoms with E-state index in [4.69, 9.17) is 9.90 Å². The van der Waals surface area contributed by atoms with Gasteiger partial charge in [-0.1, -0.05) is 59.7 Å². The van der Waals surface area contributed by atoms with E-state index in [1.807, 2.05) is 52.4 Å². The van der Waals surface area contributed by atoms with Gasteiger partial charge in [0.2, 0.25) is 0 Å². The molecule has 0 aliphatic carbocycles. The molecule has 4 heterocycles. The molecule has 0 aliphatic rings. The molecule has 0 aliphatic heterocycles. The Bertz CT molecular complexity index is 1180. The summed E-state index contributed by atoms with van der Waals surface area (Å²) in [5, 5.41) is 13.6. The van der Waals surface area contributed by atoms with Crippen LogP contribution in [0.1, 0.15) is 82.4 Å². The molecule has 240 valence electrons.